The van der Waals surface area contributed by atoms with Crippen molar-refractivity contribution in [2.45, 2.75) is 12.8 Å². The molecule has 0 unspecified atom stereocenters. The van der Waals surface area contributed by atoms with Gasteiger partial charge in [0.2, 0.25) is 5.91 Å². The minimum atomic E-state index is -1.08. The van der Waals surface area contributed by atoms with Crippen molar-refractivity contribution in [3.8, 4) is 0 Å². The monoisotopic (exact) mass is 219 g/mol. The molecule has 0 aliphatic carbocycles. The highest BCUT2D eigenvalue weighted by Gasteiger charge is 2.00. The van der Waals surface area contributed by atoms with Crippen molar-refractivity contribution in [2.75, 3.05) is 6.61 Å². The fourth-order valence-corrected chi connectivity index (χ4v) is 0.292. The molecule has 7 heteroatoms. The van der Waals surface area contributed by atoms with Crippen LogP contribution in [0.1, 0.15) is 12.8 Å². The highest BCUT2D eigenvalue weighted by molar-refractivity contribution is 5.91. The first-order valence-electron chi connectivity index (χ1n) is 3.83. The van der Waals surface area contributed by atoms with Gasteiger partial charge in [0.25, 0.3) is 0 Å². The van der Waals surface area contributed by atoms with Crippen molar-refractivity contribution in [2.24, 2.45) is 5.73 Å². The summed E-state index contributed by atoms with van der Waals surface area (Å²) in [6.45, 7) is 2.80. The van der Waals surface area contributed by atoms with E-state index in [0.717, 1.165) is 0 Å². The predicted molar refractivity (Wildman–Crippen MR) is 49.9 cm³/mol. The van der Waals surface area contributed by atoms with Gasteiger partial charge >= 0.3 is 11.9 Å². The first-order chi connectivity index (χ1) is 6.81. The molecule has 1 amide bonds. The number of carbonyl (C=O) groups is 3. The zero-order valence-corrected chi connectivity index (χ0v) is 7.97. The van der Waals surface area contributed by atoms with Gasteiger partial charge in [-0.25, -0.2) is 0 Å². The van der Waals surface area contributed by atoms with Crippen molar-refractivity contribution < 1.29 is 29.7 Å². The maximum Gasteiger partial charge on any atom is 0.303 e. The van der Waals surface area contributed by atoms with Crippen LogP contribution in [0, 0.1) is 0 Å². The van der Waals surface area contributed by atoms with E-state index in [0.29, 0.717) is 0 Å². The lowest BCUT2D eigenvalue weighted by atomic mass is 10.3. The van der Waals surface area contributed by atoms with E-state index < -0.39 is 17.8 Å². The second-order valence-corrected chi connectivity index (χ2v) is 2.41. The summed E-state index contributed by atoms with van der Waals surface area (Å²) < 4.78 is 0. The van der Waals surface area contributed by atoms with E-state index >= 15 is 0 Å². The van der Waals surface area contributed by atoms with E-state index in [2.05, 4.69) is 12.3 Å². The summed E-state index contributed by atoms with van der Waals surface area (Å²) in [4.78, 5) is 29.2. The lowest BCUT2D eigenvalue weighted by molar-refractivity contribution is -0.143. The van der Waals surface area contributed by atoms with Crippen LogP contribution in [0.2, 0.25) is 0 Å². The highest BCUT2D eigenvalue weighted by Crippen LogP contribution is 1.86. The Hall–Kier alpha value is -1.89. The van der Waals surface area contributed by atoms with Crippen LogP contribution in [-0.2, 0) is 14.4 Å². The summed E-state index contributed by atoms with van der Waals surface area (Å²) in [6.07, 6.45) is -0.593. The largest absolute Gasteiger partial charge is 0.481 e. The molecule has 0 aliphatic heterocycles. The number of aliphatic carboxylic acids is 2. The van der Waals surface area contributed by atoms with Crippen LogP contribution in [0.3, 0.4) is 0 Å². The summed E-state index contributed by atoms with van der Waals surface area (Å²) in [6, 6.07) is 0. The Morgan fingerprint density at radius 2 is 1.40 bits per heavy atom. The molecule has 86 valence electrons. The van der Waals surface area contributed by atoms with Crippen LogP contribution >= 0.6 is 0 Å². The van der Waals surface area contributed by atoms with Gasteiger partial charge in [-0.2, -0.15) is 0 Å². The van der Waals surface area contributed by atoms with Gasteiger partial charge < -0.3 is 21.1 Å². The van der Waals surface area contributed by atoms with Gasteiger partial charge in [-0.15, -0.1) is 0 Å². The van der Waals surface area contributed by atoms with Crippen molar-refractivity contribution in [3.05, 3.63) is 12.2 Å². The molecular formula is C8H13NO6. The molecule has 0 aromatic carbocycles. The van der Waals surface area contributed by atoms with Gasteiger partial charge in [-0.1, -0.05) is 6.58 Å². The Balaban J connectivity index is 0. The molecule has 7 nitrogen and oxygen atoms in total. The third-order valence-corrected chi connectivity index (χ3v) is 1.09. The van der Waals surface area contributed by atoms with Crippen molar-refractivity contribution >= 4 is 17.8 Å². The number of hydrogen-bond acceptors (Lipinski definition) is 4. The Labute approximate surface area is 85.8 Å². The smallest absolute Gasteiger partial charge is 0.303 e. The number of primary amides is 1. The molecule has 0 heterocycles. The molecule has 0 radical (unpaired) electrons. The predicted octanol–water partition coefficient (Wildman–Crippen LogP) is -1.04. The molecule has 0 aromatic rings. The van der Waals surface area contributed by atoms with Crippen LogP contribution in [0.15, 0.2) is 12.2 Å². The van der Waals surface area contributed by atoms with Crippen molar-refractivity contribution in [1.82, 2.24) is 0 Å². The number of hydrogen-bond donors (Lipinski definition) is 4. The Morgan fingerprint density at radius 1 is 1.07 bits per heavy atom. The van der Waals surface area contributed by atoms with Crippen LogP contribution in [0.25, 0.3) is 0 Å². The summed E-state index contributed by atoms with van der Waals surface area (Å²) in [5.41, 5.74) is 4.69. The molecule has 0 saturated heterocycles. The van der Waals surface area contributed by atoms with E-state index in [1.165, 1.54) is 0 Å². The average Bonchev–Trinajstić information content (AvgIpc) is 2.14. The second-order valence-electron chi connectivity index (χ2n) is 2.41. The topological polar surface area (TPSA) is 138 Å². The lowest BCUT2D eigenvalue weighted by Gasteiger charge is -1.88. The molecule has 0 bridgehead atoms. The van der Waals surface area contributed by atoms with E-state index in [9.17, 15) is 14.4 Å². The van der Waals surface area contributed by atoms with Gasteiger partial charge in [-0.05, 0) is 0 Å². The van der Waals surface area contributed by atoms with Crippen molar-refractivity contribution in [1.29, 1.82) is 0 Å². The minimum absolute atomic E-state index is 0.0417. The number of aliphatic hydroxyl groups excluding tert-OH is 1. The van der Waals surface area contributed by atoms with Crippen LogP contribution < -0.4 is 5.73 Å². The molecule has 0 aliphatic rings. The van der Waals surface area contributed by atoms with E-state index in [1.807, 2.05) is 0 Å². The molecule has 0 saturated carbocycles. The summed E-state index contributed by atoms with van der Waals surface area (Å²) in [7, 11) is 0. The molecule has 0 atom stereocenters. The van der Waals surface area contributed by atoms with Gasteiger partial charge in [0.05, 0.1) is 19.4 Å². The molecule has 0 fully saturated rings. The third-order valence-electron chi connectivity index (χ3n) is 1.09. The normalized spacial score (nSPS) is 8.33. The number of carboxylic acids is 2. The Morgan fingerprint density at radius 3 is 1.47 bits per heavy atom. The first kappa shape index (κ1) is 15.6. The molecular weight excluding hydrogens is 206 g/mol. The SMILES string of the molecule is C=C(CO)C(N)=O.O=C(O)CCC(=O)O. The van der Waals surface area contributed by atoms with Gasteiger partial charge in [0, 0.05) is 5.57 Å². The second kappa shape index (κ2) is 8.70. The maximum atomic E-state index is 9.89. The fraction of sp³-hybridized carbons (Fsp3) is 0.375. The third kappa shape index (κ3) is 14.9. The van der Waals surface area contributed by atoms with Gasteiger partial charge in [0.1, 0.15) is 0 Å². The summed E-state index contributed by atoms with van der Waals surface area (Å²) in [5.74, 6) is -2.80. The maximum absolute atomic E-state index is 9.89. The highest BCUT2D eigenvalue weighted by atomic mass is 16.4. The zero-order valence-electron chi connectivity index (χ0n) is 7.97. The van der Waals surface area contributed by atoms with E-state index in [-0.39, 0.29) is 25.0 Å². The average molecular weight is 219 g/mol. The standard InChI is InChI=1S/C4H7NO2.C4H6O4/c1-3(2-6)4(5)7;5-3(6)1-2-4(7)8/h6H,1-2H2,(H2,5,7);1-2H2,(H,5,6)(H,7,8). The Bertz CT molecular complexity index is 246. The fourth-order valence-electron chi connectivity index (χ4n) is 0.292. The Kier molecular flexibility index (Phi) is 9.03. The zero-order chi connectivity index (χ0) is 12.4. The van der Waals surface area contributed by atoms with E-state index in [1.54, 1.807) is 0 Å². The number of carbonyl (C=O) groups excluding carboxylic acids is 1. The number of amides is 1. The lowest BCUT2D eigenvalue weighted by Crippen LogP contribution is -2.14. The number of carboxylic acid groups (broad SMARTS) is 2. The van der Waals surface area contributed by atoms with Gasteiger partial charge in [-0.3, -0.25) is 14.4 Å². The summed E-state index contributed by atoms with van der Waals surface area (Å²) in [5, 5.41) is 23.9. The molecule has 15 heavy (non-hydrogen) atoms. The molecule has 0 spiro atoms. The quantitative estimate of drug-likeness (QED) is 0.435. The summed E-state index contributed by atoms with van der Waals surface area (Å²) >= 11 is 0. The number of nitrogens with two attached hydrogens (primary N) is 1. The molecule has 0 aromatic heterocycles. The molecule has 0 rings (SSSR count). The minimum Gasteiger partial charge on any atom is -0.481 e. The van der Waals surface area contributed by atoms with Crippen molar-refractivity contribution in [3.63, 3.8) is 0 Å². The van der Waals surface area contributed by atoms with Crippen LogP contribution in [0.4, 0.5) is 0 Å². The van der Waals surface area contributed by atoms with E-state index in [4.69, 9.17) is 15.3 Å². The van der Waals surface area contributed by atoms with Crippen LogP contribution in [-0.4, -0.2) is 39.8 Å². The molecule has 5 N–H and O–H groups in total. The van der Waals surface area contributed by atoms with Gasteiger partial charge in [0.15, 0.2) is 0 Å². The first-order valence-corrected chi connectivity index (χ1v) is 3.83. The van der Waals surface area contributed by atoms with Crippen LogP contribution in [0.5, 0.6) is 0 Å². The number of aliphatic hydroxyl groups is 1. The number of rotatable bonds is 5.